The van der Waals surface area contributed by atoms with E-state index in [2.05, 4.69) is 33.0 Å². The highest BCUT2D eigenvalue weighted by molar-refractivity contribution is 6.06. The van der Waals surface area contributed by atoms with Gasteiger partial charge < -0.3 is 14.8 Å². The first-order chi connectivity index (χ1) is 16.1. The van der Waals surface area contributed by atoms with Crippen molar-refractivity contribution in [3.63, 3.8) is 0 Å². The Balaban J connectivity index is 1.61. The van der Waals surface area contributed by atoms with E-state index in [9.17, 15) is 9.59 Å². The zero-order valence-corrected chi connectivity index (χ0v) is 21.2. The first-order valence-corrected chi connectivity index (χ1v) is 12.7. The van der Waals surface area contributed by atoms with Gasteiger partial charge >= 0.3 is 0 Å². The minimum Gasteiger partial charge on any atom is -0.493 e. The molecule has 1 fully saturated rings. The first kappa shape index (κ1) is 23.2. The Morgan fingerprint density at radius 2 is 1.38 bits per heavy atom. The lowest BCUT2D eigenvalue weighted by Crippen LogP contribution is -2.42. The Bertz CT molecular complexity index is 1050. The van der Waals surface area contributed by atoms with Gasteiger partial charge in [0.25, 0.3) is 0 Å². The number of allylic oxidation sites excluding steroid dienone is 4. The molecule has 1 heterocycles. The lowest BCUT2D eigenvalue weighted by Gasteiger charge is -2.44. The van der Waals surface area contributed by atoms with Gasteiger partial charge in [0.15, 0.2) is 23.1 Å². The largest absolute Gasteiger partial charge is 0.493 e. The molecule has 3 aliphatic carbocycles. The van der Waals surface area contributed by atoms with E-state index in [0.29, 0.717) is 18.6 Å². The van der Waals surface area contributed by atoms with Gasteiger partial charge in [-0.3, -0.25) is 9.59 Å². The third-order valence-electron chi connectivity index (χ3n) is 7.84. The van der Waals surface area contributed by atoms with Crippen LogP contribution < -0.4 is 14.8 Å². The molecule has 0 saturated heterocycles. The van der Waals surface area contributed by atoms with Crippen molar-refractivity contribution < 1.29 is 19.1 Å². The normalized spacial score (nSPS) is 24.6. The average Bonchev–Trinajstić information content (AvgIpc) is 3.24. The summed E-state index contributed by atoms with van der Waals surface area (Å²) in [7, 11) is 1.65. The summed E-state index contributed by atoms with van der Waals surface area (Å²) in [5.41, 5.74) is 4.22. The molecule has 0 spiro atoms. The highest BCUT2D eigenvalue weighted by Gasteiger charge is 2.46. The van der Waals surface area contributed by atoms with E-state index in [1.54, 1.807) is 7.11 Å². The van der Waals surface area contributed by atoms with Gasteiger partial charge in [-0.1, -0.05) is 33.8 Å². The molecule has 1 aromatic carbocycles. The third-order valence-corrected chi connectivity index (χ3v) is 7.84. The third kappa shape index (κ3) is 4.18. The number of carbonyl (C=O) groups is 2. The molecule has 1 aliphatic heterocycles. The van der Waals surface area contributed by atoms with Gasteiger partial charge in [-0.2, -0.15) is 0 Å². The summed E-state index contributed by atoms with van der Waals surface area (Å²) < 4.78 is 12.0. The van der Waals surface area contributed by atoms with Gasteiger partial charge in [0, 0.05) is 41.3 Å². The van der Waals surface area contributed by atoms with Crippen LogP contribution >= 0.6 is 0 Å². The molecule has 182 valence electrons. The van der Waals surface area contributed by atoms with Crippen molar-refractivity contribution in [1.82, 2.24) is 5.32 Å². The SMILES string of the molecule is COc1cc(C2C3=C(CC(C)(C)CC3=O)NC3=C2C(=O)CC(C)(C)C3)ccc1OC1CCCC1. The maximum atomic E-state index is 13.5. The molecule has 1 saturated carbocycles. The van der Waals surface area contributed by atoms with Crippen molar-refractivity contribution in [2.45, 2.75) is 91.1 Å². The summed E-state index contributed by atoms with van der Waals surface area (Å²) in [5, 5.41) is 3.58. The number of carbonyl (C=O) groups excluding carboxylic acids is 2. The number of benzene rings is 1. The molecular formula is C29H37NO4. The number of methoxy groups -OCH3 is 1. The van der Waals surface area contributed by atoms with Crippen molar-refractivity contribution >= 4 is 11.6 Å². The molecule has 1 aromatic rings. The molecule has 0 amide bonds. The second-order valence-electron chi connectivity index (χ2n) is 12.2. The summed E-state index contributed by atoms with van der Waals surface area (Å²) in [6.07, 6.45) is 7.35. The standard InChI is InChI=1S/C29H37NO4/c1-28(2)13-19-26(21(31)15-28)25(27-20(30-19)14-29(3,4)16-22(27)32)17-10-11-23(24(12-17)33-5)34-18-8-6-7-9-18/h10-12,18,25,30H,6-9,13-16H2,1-5H3. The summed E-state index contributed by atoms with van der Waals surface area (Å²) in [6.45, 7) is 8.57. The molecule has 5 heteroatoms. The number of nitrogens with one attached hydrogen (secondary N) is 1. The summed E-state index contributed by atoms with van der Waals surface area (Å²) >= 11 is 0. The van der Waals surface area contributed by atoms with Crippen molar-refractivity contribution in [3.8, 4) is 11.5 Å². The molecule has 0 unspecified atom stereocenters. The lowest BCUT2D eigenvalue weighted by molar-refractivity contribution is -0.119. The molecule has 0 radical (unpaired) electrons. The predicted octanol–water partition coefficient (Wildman–Crippen LogP) is 5.99. The quantitative estimate of drug-likeness (QED) is 0.594. The topological polar surface area (TPSA) is 64.6 Å². The molecular weight excluding hydrogens is 426 g/mol. The monoisotopic (exact) mass is 463 g/mol. The van der Waals surface area contributed by atoms with E-state index in [-0.39, 0.29) is 34.4 Å². The maximum absolute atomic E-state index is 13.5. The minimum atomic E-state index is -0.354. The maximum Gasteiger partial charge on any atom is 0.162 e. The van der Waals surface area contributed by atoms with Gasteiger partial charge in [-0.15, -0.1) is 0 Å². The summed E-state index contributed by atoms with van der Waals surface area (Å²) in [6, 6.07) is 5.97. The number of dihydropyridines is 1. The van der Waals surface area contributed by atoms with Crippen molar-refractivity contribution in [1.29, 1.82) is 0 Å². The Morgan fingerprint density at radius 1 is 0.824 bits per heavy atom. The highest BCUT2D eigenvalue weighted by atomic mass is 16.5. The van der Waals surface area contributed by atoms with Crippen molar-refractivity contribution in [3.05, 3.63) is 46.3 Å². The van der Waals surface area contributed by atoms with Gasteiger partial charge in [0.2, 0.25) is 0 Å². The number of rotatable bonds is 4. The highest BCUT2D eigenvalue weighted by Crippen LogP contribution is 2.51. The molecule has 5 nitrogen and oxygen atoms in total. The molecule has 1 N–H and O–H groups in total. The van der Waals surface area contributed by atoms with E-state index in [1.807, 2.05) is 18.2 Å². The number of ether oxygens (including phenoxy) is 2. The second-order valence-corrected chi connectivity index (χ2v) is 12.2. The van der Waals surface area contributed by atoms with Crippen LogP contribution in [0.4, 0.5) is 0 Å². The number of hydrogen-bond acceptors (Lipinski definition) is 5. The second kappa shape index (κ2) is 8.28. The smallest absolute Gasteiger partial charge is 0.162 e. The van der Waals surface area contributed by atoms with Gasteiger partial charge in [-0.25, -0.2) is 0 Å². The van der Waals surface area contributed by atoms with Crippen molar-refractivity contribution in [2.75, 3.05) is 7.11 Å². The number of hydrogen-bond donors (Lipinski definition) is 1. The van der Waals surface area contributed by atoms with Crippen LogP contribution in [0.1, 0.15) is 90.5 Å². The van der Waals surface area contributed by atoms with Crippen LogP contribution in [0.5, 0.6) is 11.5 Å². The van der Waals surface area contributed by atoms with Gasteiger partial charge in [-0.05, 0) is 67.1 Å². The van der Waals surface area contributed by atoms with Crippen LogP contribution in [0, 0.1) is 10.8 Å². The van der Waals surface area contributed by atoms with Crippen LogP contribution in [-0.2, 0) is 9.59 Å². The van der Waals surface area contributed by atoms with E-state index in [0.717, 1.165) is 59.5 Å². The van der Waals surface area contributed by atoms with Crippen LogP contribution in [0.3, 0.4) is 0 Å². The zero-order chi connectivity index (χ0) is 24.3. The van der Waals surface area contributed by atoms with Gasteiger partial charge in [0.1, 0.15) is 0 Å². The van der Waals surface area contributed by atoms with Crippen molar-refractivity contribution in [2.24, 2.45) is 10.8 Å². The minimum absolute atomic E-state index is 0.101. The Morgan fingerprint density at radius 3 is 1.91 bits per heavy atom. The van der Waals surface area contributed by atoms with Crippen LogP contribution in [0.25, 0.3) is 0 Å². The first-order valence-electron chi connectivity index (χ1n) is 12.7. The Hall–Kier alpha value is -2.56. The lowest BCUT2D eigenvalue weighted by atomic mass is 9.64. The fraction of sp³-hybridized carbons (Fsp3) is 0.586. The predicted molar refractivity (Wildman–Crippen MR) is 132 cm³/mol. The van der Waals surface area contributed by atoms with Gasteiger partial charge in [0.05, 0.1) is 13.2 Å². The Labute approximate surface area is 203 Å². The van der Waals surface area contributed by atoms with Crippen LogP contribution in [0.2, 0.25) is 0 Å². The Kier molecular flexibility index (Phi) is 5.65. The van der Waals surface area contributed by atoms with E-state index in [1.165, 1.54) is 12.8 Å². The fourth-order valence-electron chi connectivity index (χ4n) is 6.37. The van der Waals surface area contributed by atoms with Crippen LogP contribution in [0.15, 0.2) is 40.7 Å². The molecule has 0 aromatic heterocycles. The number of Topliss-reactive ketones (excluding diaryl/α,β-unsaturated/α-hetero) is 2. The molecule has 5 rings (SSSR count). The molecule has 34 heavy (non-hydrogen) atoms. The molecule has 4 aliphatic rings. The fourth-order valence-corrected chi connectivity index (χ4v) is 6.37. The molecule has 0 atom stereocenters. The summed E-state index contributed by atoms with van der Waals surface area (Å²) in [5.74, 6) is 1.33. The average molecular weight is 464 g/mol. The zero-order valence-electron chi connectivity index (χ0n) is 21.2. The van der Waals surface area contributed by atoms with E-state index >= 15 is 0 Å². The van der Waals surface area contributed by atoms with E-state index in [4.69, 9.17) is 9.47 Å². The van der Waals surface area contributed by atoms with Crippen LogP contribution in [-0.4, -0.2) is 24.8 Å². The van der Waals surface area contributed by atoms with E-state index < -0.39 is 0 Å². The summed E-state index contributed by atoms with van der Waals surface area (Å²) in [4.78, 5) is 27.0. The molecule has 0 bridgehead atoms. The number of ketones is 2.